The van der Waals surface area contributed by atoms with E-state index in [2.05, 4.69) is 20.1 Å². The molecule has 2 fully saturated rings. The van der Waals surface area contributed by atoms with Gasteiger partial charge in [0.05, 0.1) is 18.4 Å². The molecule has 38 heavy (non-hydrogen) atoms. The summed E-state index contributed by atoms with van der Waals surface area (Å²) in [5.74, 6) is -1.33. The Kier molecular flexibility index (Phi) is 5.55. The van der Waals surface area contributed by atoms with Crippen molar-refractivity contribution in [2.75, 3.05) is 13.2 Å². The Labute approximate surface area is 227 Å². The Balaban J connectivity index is 1.22. The predicted molar refractivity (Wildman–Crippen MR) is 140 cm³/mol. The molecule has 1 spiro atoms. The molecule has 1 N–H and O–H groups in total. The van der Waals surface area contributed by atoms with Gasteiger partial charge >= 0.3 is 0 Å². The smallest absolute Gasteiger partial charge is 0.273 e. The lowest BCUT2D eigenvalue weighted by atomic mass is 9.96. The Morgan fingerprint density at radius 1 is 1.26 bits per heavy atom. The average molecular weight is 558 g/mol. The Morgan fingerprint density at radius 3 is 2.84 bits per heavy atom. The van der Waals surface area contributed by atoms with Crippen LogP contribution in [0.3, 0.4) is 0 Å². The fraction of sp³-hybridized carbons (Fsp3) is 0.481. The molecule has 4 heterocycles. The third kappa shape index (κ3) is 3.99. The van der Waals surface area contributed by atoms with Crippen molar-refractivity contribution < 1.29 is 18.3 Å². The second-order valence-electron chi connectivity index (χ2n) is 10.9. The zero-order valence-electron chi connectivity index (χ0n) is 20.8. The van der Waals surface area contributed by atoms with Crippen molar-refractivity contribution in [3.8, 4) is 5.00 Å². The molecule has 4 aliphatic rings. The number of aromatic nitrogens is 3. The van der Waals surface area contributed by atoms with Gasteiger partial charge in [-0.2, -0.15) is 0 Å². The molecule has 11 heteroatoms. The summed E-state index contributed by atoms with van der Waals surface area (Å²) in [5, 5.41) is 13.4. The summed E-state index contributed by atoms with van der Waals surface area (Å²) in [6.07, 6.45) is 3.15. The zero-order valence-corrected chi connectivity index (χ0v) is 22.3. The quantitative estimate of drug-likeness (QED) is 0.501. The van der Waals surface area contributed by atoms with Crippen molar-refractivity contribution in [1.82, 2.24) is 20.1 Å². The third-order valence-corrected chi connectivity index (χ3v) is 9.48. The van der Waals surface area contributed by atoms with Crippen molar-refractivity contribution in [2.45, 2.75) is 63.0 Å². The largest absolute Gasteiger partial charge is 0.373 e. The van der Waals surface area contributed by atoms with Crippen LogP contribution in [0.1, 0.15) is 58.9 Å². The van der Waals surface area contributed by atoms with E-state index in [4.69, 9.17) is 21.3 Å². The van der Waals surface area contributed by atoms with E-state index in [0.29, 0.717) is 11.4 Å². The summed E-state index contributed by atoms with van der Waals surface area (Å²) in [5.41, 5.74) is 3.60. The van der Waals surface area contributed by atoms with E-state index in [1.54, 1.807) is 11.3 Å². The second-order valence-corrected chi connectivity index (χ2v) is 12.4. The highest BCUT2D eigenvalue weighted by Crippen LogP contribution is 2.54. The maximum absolute atomic E-state index is 13.7. The number of aliphatic imine (C=N–C) groups is 1. The molecule has 0 bridgehead atoms. The van der Waals surface area contributed by atoms with Crippen LogP contribution in [0.25, 0.3) is 5.00 Å². The molecular weight excluding hydrogens is 532 g/mol. The number of halogens is 3. The van der Waals surface area contributed by atoms with Gasteiger partial charge in [0.2, 0.25) is 5.91 Å². The van der Waals surface area contributed by atoms with Crippen LogP contribution in [0.2, 0.25) is 5.02 Å². The van der Waals surface area contributed by atoms with Crippen molar-refractivity contribution >= 4 is 34.6 Å². The lowest BCUT2D eigenvalue weighted by Gasteiger charge is -2.29. The number of nitrogens with one attached hydrogen (secondary N) is 1. The fourth-order valence-electron chi connectivity index (χ4n) is 6.05. The zero-order chi connectivity index (χ0) is 26.2. The van der Waals surface area contributed by atoms with Gasteiger partial charge in [-0.3, -0.25) is 14.4 Å². The predicted octanol–water partition coefficient (Wildman–Crippen LogP) is 4.78. The second kappa shape index (κ2) is 8.66. The van der Waals surface area contributed by atoms with Gasteiger partial charge in [-0.05, 0) is 50.2 Å². The highest BCUT2D eigenvalue weighted by molar-refractivity contribution is 7.15. The van der Waals surface area contributed by atoms with Gasteiger partial charge in [-0.25, -0.2) is 8.78 Å². The number of hydrogen-bond donors (Lipinski definition) is 1. The molecule has 1 saturated heterocycles. The molecule has 198 valence electrons. The van der Waals surface area contributed by atoms with Crippen LogP contribution >= 0.6 is 22.9 Å². The number of ether oxygens (including phenoxy) is 1. The highest BCUT2D eigenvalue weighted by Gasteiger charge is 2.52. The maximum atomic E-state index is 13.7. The van der Waals surface area contributed by atoms with Crippen LogP contribution < -0.4 is 5.32 Å². The number of nitrogens with zero attached hydrogens (tertiary/aromatic N) is 4. The lowest BCUT2D eigenvalue weighted by Crippen LogP contribution is -2.48. The minimum Gasteiger partial charge on any atom is -0.373 e. The van der Waals surface area contributed by atoms with E-state index in [-0.39, 0.29) is 31.3 Å². The number of rotatable bonds is 4. The molecule has 2 aliphatic heterocycles. The molecule has 2 aromatic heterocycles. The molecule has 0 unspecified atom stereocenters. The minimum atomic E-state index is -2.90. The van der Waals surface area contributed by atoms with Gasteiger partial charge in [0.1, 0.15) is 23.0 Å². The first-order chi connectivity index (χ1) is 18.2. The van der Waals surface area contributed by atoms with Crippen molar-refractivity contribution in [1.29, 1.82) is 0 Å². The molecule has 7 nitrogen and oxygen atoms in total. The first kappa shape index (κ1) is 24.4. The fourth-order valence-corrected chi connectivity index (χ4v) is 7.76. The van der Waals surface area contributed by atoms with E-state index in [1.807, 2.05) is 31.2 Å². The van der Waals surface area contributed by atoms with Crippen LogP contribution in [0, 0.1) is 12.8 Å². The highest BCUT2D eigenvalue weighted by atomic mass is 35.5. The van der Waals surface area contributed by atoms with Crippen LogP contribution in [0.4, 0.5) is 8.78 Å². The monoisotopic (exact) mass is 557 g/mol. The van der Waals surface area contributed by atoms with E-state index >= 15 is 0 Å². The van der Waals surface area contributed by atoms with Crippen LogP contribution in [0.15, 0.2) is 29.3 Å². The first-order valence-electron chi connectivity index (χ1n) is 12.9. The first-order valence-corrected chi connectivity index (χ1v) is 14.1. The van der Waals surface area contributed by atoms with Crippen molar-refractivity contribution in [2.24, 2.45) is 10.9 Å². The van der Waals surface area contributed by atoms with Gasteiger partial charge in [0.15, 0.2) is 5.82 Å². The van der Waals surface area contributed by atoms with Gasteiger partial charge in [0.25, 0.3) is 5.92 Å². The Morgan fingerprint density at radius 2 is 2.08 bits per heavy atom. The van der Waals surface area contributed by atoms with E-state index in [9.17, 15) is 13.6 Å². The third-order valence-electron chi connectivity index (χ3n) is 7.91. The molecule has 1 amide bonds. The number of aryl methyl sites for hydroxylation is 1. The molecule has 2 atom stereocenters. The van der Waals surface area contributed by atoms with Crippen LogP contribution in [-0.2, 0) is 27.9 Å². The molecule has 1 aromatic carbocycles. The average Bonchev–Trinajstić information content (AvgIpc) is 3.22. The van der Waals surface area contributed by atoms with Crippen molar-refractivity contribution in [3.63, 3.8) is 0 Å². The van der Waals surface area contributed by atoms with E-state index in [1.165, 1.54) is 10.4 Å². The number of carbonyl (C=O) groups excluding carboxylic acids is 1. The maximum Gasteiger partial charge on any atom is 0.273 e. The van der Waals surface area contributed by atoms with Gasteiger partial charge in [-0.15, -0.1) is 21.5 Å². The van der Waals surface area contributed by atoms with Crippen LogP contribution in [0.5, 0.6) is 0 Å². The molecule has 2 aliphatic carbocycles. The summed E-state index contributed by atoms with van der Waals surface area (Å²) in [6.45, 7) is 1.50. The number of benzene rings is 1. The summed E-state index contributed by atoms with van der Waals surface area (Å²) in [4.78, 5) is 19.4. The number of alkyl halides is 2. The lowest BCUT2D eigenvalue weighted by molar-refractivity contribution is -0.136. The van der Waals surface area contributed by atoms with Crippen LogP contribution in [-0.4, -0.2) is 51.6 Å². The molecule has 3 aromatic rings. The van der Waals surface area contributed by atoms with E-state index < -0.39 is 24.1 Å². The molecule has 0 radical (unpaired) electrons. The Hall–Kier alpha value is -2.69. The number of amides is 1. The molecule has 7 rings (SSSR count). The van der Waals surface area contributed by atoms with Gasteiger partial charge in [0, 0.05) is 33.9 Å². The SMILES string of the molecule is Cc1nnc2n1-c1sc3c(c1C(c1ccccc1Cl)=NC21CC1)C[C@H](CC(=O)N[C@@H]1COCC(F)(F)C1)C3. The molecular formula is C27H26ClF2N5O2S. The molecule has 1 saturated carbocycles. The summed E-state index contributed by atoms with van der Waals surface area (Å²) >= 11 is 8.41. The van der Waals surface area contributed by atoms with E-state index in [0.717, 1.165) is 52.8 Å². The summed E-state index contributed by atoms with van der Waals surface area (Å²) in [6, 6.07) is 7.11. The number of fused-ring (bicyclic) bond motifs is 6. The standard InChI is InChI=1S/C27H26ClF2N5O2S/c1-14-33-34-25-26(6-7-26)32-23(17-4-2-3-5-19(17)28)22-18-8-15(9-20(18)38-24(22)35(14)25)10-21(36)31-16-11-27(29,30)13-37-12-16/h2-5,15-16H,6-13H2,1H3,(H,31,36)/t15-,16-/m0/s1. The number of carbonyl (C=O) groups is 1. The number of thiophene rings is 1. The summed E-state index contributed by atoms with van der Waals surface area (Å²) in [7, 11) is 0. The normalized spacial score (nSPS) is 24.3. The van der Waals surface area contributed by atoms with Crippen molar-refractivity contribution in [3.05, 3.63) is 62.5 Å². The van der Waals surface area contributed by atoms with Gasteiger partial charge in [-0.1, -0.05) is 29.8 Å². The summed E-state index contributed by atoms with van der Waals surface area (Å²) < 4.78 is 34.6. The Bertz CT molecular complexity index is 1490. The topological polar surface area (TPSA) is 81.4 Å². The number of hydrogen-bond acceptors (Lipinski definition) is 6. The van der Waals surface area contributed by atoms with Gasteiger partial charge < -0.3 is 10.1 Å². The minimum absolute atomic E-state index is 0.0821.